The van der Waals surface area contributed by atoms with Gasteiger partial charge in [-0.2, -0.15) is 0 Å². The van der Waals surface area contributed by atoms with E-state index in [0.717, 1.165) is 19.0 Å². The molecule has 1 aromatic rings. The lowest BCUT2D eigenvalue weighted by Crippen LogP contribution is -3.16. The summed E-state index contributed by atoms with van der Waals surface area (Å²) < 4.78 is 4.82. The molecule has 138 valence electrons. The van der Waals surface area contributed by atoms with Crippen molar-refractivity contribution in [3.05, 3.63) is 29.8 Å². The average molecular weight is 348 g/mol. The van der Waals surface area contributed by atoms with E-state index in [0.29, 0.717) is 24.4 Å². The molecule has 25 heavy (non-hydrogen) atoms. The number of benzene rings is 1. The minimum absolute atomic E-state index is 0.0793. The van der Waals surface area contributed by atoms with Gasteiger partial charge in [0.25, 0.3) is 5.91 Å². The minimum atomic E-state index is -0.492. The standard InChI is InChI=1S/C19H29N3O3/c1-3-25-19(24)21-17-10-8-16(9-11-17)18(23)20-12-6-14-22-13-5-4-7-15(22)2/h8-11,15H,3-7,12-14H2,1-2H3,(H,20,23)(H,21,24)/p+1/t15-/m1/s1. The Labute approximate surface area is 149 Å². The van der Waals surface area contributed by atoms with Crippen LogP contribution in [0.4, 0.5) is 10.5 Å². The maximum atomic E-state index is 12.2. The van der Waals surface area contributed by atoms with E-state index in [1.54, 1.807) is 36.1 Å². The van der Waals surface area contributed by atoms with E-state index in [1.807, 2.05) is 0 Å². The van der Waals surface area contributed by atoms with Crippen LogP contribution in [0.2, 0.25) is 0 Å². The van der Waals surface area contributed by atoms with Crippen LogP contribution in [0.15, 0.2) is 24.3 Å². The number of anilines is 1. The summed E-state index contributed by atoms with van der Waals surface area (Å²) in [6, 6.07) is 7.55. The smallest absolute Gasteiger partial charge is 0.411 e. The number of carbonyl (C=O) groups excluding carboxylic acids is 2. The Balaban J connectivity index is 1.70. The van der Waals surface area contributed by atoms with Crippen LogP contribution in [0.5, 0.6) is 0 Å². The molecule has 0 saturated carbocycles. The predicted octanol–water partition coefficient (Wildman–Crippen LogP) is 1.83. The molecule has 0 bridgehead atoms. The predicted molar refractivity (Wildman–Crippen MR) is 98.0 cm³/mol. The van der Waals surface area contributed by atoms with E-state index >= 15 is 0 Å². The van der Waals surface area contributed by atoms with Crippen LogP contribution < -0.4 is 15.5 Å². The van der Waals surface area contributed by atoms with Crippen molar-refractivity contribution >= 4 is 17.7 Å². The number of hydrogen-bond acceptors (Lipinski definition) is 3. The maximum Gasteiger partial charge on any atom is 0.411 e. The van der Waals surface area contributed by atoms with Gasteiger partial charge in [-0.25, -0.2) is 4.79 Å². The van der Waals surface area contributed by atoms with Gasteiger partial charge in [0.2, 0.25) is 0 Å². The maximum absolute atomic E-state index is 12.2. The fourth-order valence-corrected chi connectivity index (χ4v) is 3.23. The average Bonchev–Trinajstić information content (AvgIpc) is 2.61. The van der Waals surface area contributed by atoms with Gasteiger partial charge in [-0.1, -0.05) is 0 Å². The highest BCUT2D eigenvalue weighted by Gasteiger charge is 2.20. The summed E-state index contributed by atoms with van der Waals surface area (Å²) in [7, 11) is 0. The minimum Gasteiger partial charge on any atom is -0.450 e. The van der Waals surface area contributed by atoms with E-state index in [-0.39, 0.29) is 5.91 Å². The summed E-state index contributed by atoms with van der Waals surface area (Å²) >= 11 is 0. The molecule has 0 aliphatic carbocycles. The lowest BCUT2D eigenvalue weighted by molar-refractivity contribution is -0.928. The SMILES string of the molecule is CCOC(=O)Nc1ccc(C(=O)NCCC[NH+]2CCCC[C@H]2C)cc1. The molecular weight excluding hydrogens is 318 g/mol. The molecule has 1 aliphatic rings. The molecule has 2 atom stereocenters. The molecule has 6 nitrogen and oxygen atoms in total. The first kappa shape index (κ1) is 19.2. The number of hydrogen-bond donors (Lipinski definition) is 3. The van der Waals surface area contributed by atoms with E-state index in [9.17, 15) is 9.59 Å². The Bertz CT molecular complexity index is 560. The van der Waals surface area contributed by atoms with Crippen LogP contribution in [0.3, 0.4) is 0 Å². The van der Waals surface area contributed by atoms with Gasteiger partial charge in [-0.05, 0) is 57.4 Å². The van der Waals surface area contributed by atoms with Gasteiger partial charge in [0.1, 0.15) is 0 Å². The third-order valence-corrected chi connectivity index (χ3v) is 4.71. The van der Waals surface area contributed by atoms with Crippen molar-refractivity contribution in [2.75, 3.05) is 31.6 Å². The van der Waals surface area contributed by atoms with Crippen molar-refractivity contribution in [3.63, 3.8) is 0 Å². The summed E-state index contributed by atoms with van der Waals surface area (Å²) in [4.78, 5) is 25.2. The molecule has 6 heteroatoms. The summed E-state index contributed by atoms with van der Waals surface area (Å²) in [5.74, 6) is -0.0793. The monoisotopic (exact) mass is 348 g/mol. The van der Waals surface area contributed by atoms with Crippen LogP contribution in [0, 0.1) is 0 Å². The molecule has 1 aromatic carbocycles. The third-order valence-electron chi connectivity index (χ3n) is 4.71. The molecule has 0 aromatic heterocycles. The van der Waals surface area contributed by atoms with Crippen LogP contribution in [-0.4, -0.2) is 44.3 Å². The van der Waals surface area contributed by atoms with Crippen molar-refractivity contribution in [1.82, 2.24) is 5.32 Å². The molecule has 1 unspecified atom stereocenters. The normalized spacial score (nSPS) is 19.9. The highest BCUT2D eigenvalue weighted by Crippen LogP contribution is 2.10. The van der Waals surface area contributed by atoms with Crippen LogP contribution in [0.1, 0.15) is 49.9 Å². The van der Waals surface area contributed by atoms with Crippen LogP contribution in [-0.2, 0) is 4.74 Å². The number of rotatable bonds is 7. The summed E-state index contributed by atoms with van der Waals surface area (Å²) in [6.07, 6.45) is 4.48. The third kappa shape index (κ3) is 6.38. The quantitative estimate of drug-likeness (QED) is 0.658. The Morgan fingerprint density at radius 3 is 2.68 bits per heavy atom. The zero-order valence-corrected chi connectivity index (χ0v) is 15.3. The second-order valence-corrected chi connectivity index (χ2v) is 6.59. The van der Waals surface area contributed by atoms with Gasteiger partial charge in [-0.15, -0.1) is 0 Å². The largest absolute Gasteiger partial charge is 0.450 e. The molecular formula is C19H30N3O3+. The first-order chi connectivity index (χ1) is 12.1. The number of amides is 2. The zero-order valence-electron chi connectivity index (χ0n) is 15.3. The number of likely N-dealkylation sites (tertiary alicyclic amines) is 1. The molecule has 1 aliphatic heterocycles. The van der Waals surface area contributed by atoms with Crippen molar-refractivity contribution in [3.8, 4) is 0 Å². The Morgan fingerprint density at radius 2 is 2.00 bits per heavy atom. The molecule has 1 saturated heterocycles. The van der Waals surface area contributed by atoms with Crippen molar-refractivity contribution < 1.29 is 19.2 Å². The molecule has 1 fully saturated rings. The molecule has 3 N–H and O–H groups in total. The van der Waals surface area contributed by atoms with Crippen molar-refractivity contribution in [2.24, 2.45) is 0 Å². The number of piperidine rings is 1. The van der Waals surface area contributed by atoms with Gasteiger partial charge in [0.05, 0.1) is 25.7 Å². The van der Waals surface area contributed by atoms with Crippen LogP contribution >= 0.6 is 0 Å². The molecule has 2 amide bonds. The Hall–Kier alpha value is -2.08. The first-order valence-electron chi connectivity index (χ1n) is 9.26. The number of ether oxygens (including phenoxy) is 1. The van der Waals surface area contributed by atoms with Crippen molar-refractivity contribution in [2.45, 2.75) is 45.6 Å². The highest BCUT2D eigenvalue weighted by molar-refractivity contribution is 5.95. The summed E-state index contributed by atoms with van der Waals surface area (Å²) in [6.45, 7) is 7.45. The lowest BCUT2D eigenvalue weighted by Gasteiger charge is -2.30. The van der Waals surface area contributed by atoms with Gasteiger partial charge in [0, 0.05) is 24.2 Å². The molecule has 0 radical (unpaired) electrons. The second kappa shape index (κ2) is 10.0. The lowest BCUT2D eigenvalue weighted by atomic mass is 10.0. The molecule has 1 heterocycles. The van der Waals surface area contributed by atoms with Crippen LogP contribution in [0.25, 0.3) is 0 Å². The number of quaternary nitrogens is 1. The van der Waals surface area contributed by atoms with E-state index in [1.165, 1.54) is 25.8 Å². The topological polar surface area (TPSA) is 71.9 Å². The van der Waals surface area contributed by atoms with Gasteiger partial charge < -0.3 is 15.0 Å². The fourth-order valence-electron chi connectivity index (χ4n) is 3.23. The molecule has 2 rings (SSSR count). The Morgan fingerprint density at radius 1 is 1.24 bits per heavy atom. The summed E-state index contributed by atoms with van der Waals surface area (Å²) in [5, 5.41) is 5.58. The molecule has 0 spiro atoms. The first-order valence-corrected chi connectivity index (χ1v) is 9.26. The second-order valence-electron chi connectivity index (χ2n) is 6.59. The van der Waals surface area contributed by atoms with Gasteiger partial charge in [0.15, 0.2) is 0 Å². The summed E-state index contributed by atoms with van der Waals surface area (Å²) in [5.41, 5.74) is 1.20. The Kier molecular flexibility index (Phi) is 7.73. The van der Waals surface area contributed by atoms with Gasteiger partial charge >= 0.3 is 6.09 Å². The van der Waals surface area contributed by atoms with E-state index < -0.39 is 6.09 Å². The highest BCUT2D eigenvalue weighted by atomic mass is 16.5. The number of nitrogens with one attached hydrogen (secondary N) is 3. The zero-order chi connectivity index (χ0) is 18.1. The van der Waals surface area contributed by atoms with Gasteiger partial charge in [-0.3, -0.25) is 10.1 Å². The fraction of sp³-hybridized carbons (Fsp3) is 0.579. The van der Waals surface area contributed by atoms with E-state index in [4.69, 9.17) is 4.74 Å². The van der Waals surface area contributed by atoms with E-state index in [2.05, 4.69) is 17.6 Å². The van der Waals surface area contributed by atoms with Crippen molar-refractivity contribution in [1.29, 1.82) is 0 Å². The number of carbonyl (C=O) groups is 2.